The lowest BCUT2D eigenvalue weighted by atomic mass is 9.81. The molecule has 0 radical (unpaired) electrons. The van der Waals surface area contributed by atoms with E-state index in [2.05, 4.69) is 45.4 Å². The Labute approximate surface area is 131 Å². The van der Waals surface area contributed by atoms with Crippen molar-refractivity contribution < 1.29 is 5.11 Å². The van der Waals surface area contributed by atoms with E-state index in [0.29, 0.717) is 0 Å². The minimum absolute atomic E-state index is 0.0861. The third kappa shape index (κ3) is 7.34. The summed E-state index contributed by atoms with van der Waals surface area (Å²) in [4.78, 5) is 0. The van der Waals surface area contributed by atoms with E-state index in [1.807, 2.05) is 6.92 Å². The fourth-order valence-corrected chi connectivity index (χ4v) is 2.37. The molecule has 0 heterocycles. The Morgan fingerprint density at radius 3 is 2.33 bits per heavy atom. The lowest BCUT2D eigenvalue weighted by Gasteiger charge is -2.28. The molecule has 1 N–H and O–H groups in total. The molecule has 0 fully saturated rings. The Bertz CT molecular complexity index is 429. The minimum Gasteiger partial charge on any atom is -0.377 e. The third-order valence-corrected chi connectivity index (χ3v) is 4.18. The summed E-state index contributed by atoms with van der Waals surface area (Å²) in [5, 5.41) is 10.3. The summed E-state index contributed by atoms with van der Waals surface area (Å²) in [6.07, 6.45) is 15.1. The maximum atomic E-state index is 10.3. The molecule has 2 unspecified atom stereocenters. The molecule has 0 amide bonds. The molecule has 0 aliphatic carbocycles. The van der Waals surface area contributed by atoms with E-state index >= 15 is 0 Å². The summed E-state index contributed by atoms with van der Waals surface area (Å²) < 4.78 is 0. The van der Waals surface area contributed by atoms with Crippen LogP contribution in [0.1, 0.15) is 66.7 Å². The van der Waals surface area contributed by atoms with E-state index in [9.17, 15) is 5.11 Å². The van der Waals surface area contributed by atoms with Gasteiger partial charge in [0.15, 0.2) is 0 Å². The number of hydrogen-bond acceptors (Lipinski definition) is 1. The monoisotopic (exact) mass is 288 g/mol. The Balaban J connectivity index is 4.78. The fourth-order valence-electron chi connectivity index (χ4n) is 2.37. The zero-order chi connectivity index (χ0) is 16.5. The summed E-state index contributed by atoms with van der Waals surface area (Å²) in [5.74, 6) is 2.40. The molecular formula is C20H32O. The summed E-state index contributed by atoms with van der Waals surface area (Å²) in [6.45, 7) is 14.1. The zero-order valence-electron chi connectivity index (χ0n) is 14.5. The van der Waals surface area contributed by atoms with Gasteiger partial charge in [0.25, 0.3) is 0 Å². The second-order valence-electron chi connectivity index (χ2n) is 6.09. The van der Waals surface area contributed by atoms with Crippen LogP contribution in [0.5, 0.6) is 0 Å². The van der Waals surface area contributed by atoms with Gasteiger partial charge in [-0.3, -0.25) is 0 Å². The van der Waals surface area contributed by atoms with Crippen molar-refractivity contribution in [3.05, 3.63) is 35.5 Å². The van der Waals surface area contributed by atoms with Crippen LogP contribution in [0.15, 0.2) is 35.5 Å². The van der Waals surface area contributed by atoms with Gasteiger partial charge in [-0.1, -0.05) is 55.2 Å². The van der Waals surface area contributed by atoms with E-state index < -0.39 is 5.60 Å². The van der Waals surface area contributed by atoms with Gasteiger partial charge in [0.05, 0.1) is 0 Å². The smallest absolute Gasteiger partial charge is 0.129 e. The van der Waals surface area contributed by atoms with Crippen LogP contribution in [-0.2, 0) is 0 Å². The van der Waals surface area contributed by atoms with E-state index in [1.165, 1.54) is 11.1 Å². The average molecular weight is 288 g/mol. The van der Waals surface area contributed by atoms with Gasteiger partial charge < -0.3 is 5.11 Å². The highest BCUT2D eigenvalue weighted by Gasteiger charge is 2.29. The van der Waals surface area contributed by atoms with Gasteiger partial charge in [-0.15, -0.1) is 6.42 Å². The second-order valence-corrected chi connectivity index (χ2v) is 6.09. The van der Waals surface area contributed by atoms with E-state index in [4.69, 9.17) is 6.42 Å². The van der Waals surface area contributed by atoms with E-state index in [1.54, 1.807) is 6.92 Å². The van der Waals surface area contributed by atoms with Gasteiger partial charge in [-0.05, 0) is 52.9 Å². The molecule has 1 heteroatoms. The molecule has 0 aliphatic rings. The van der Waals surface area contributed by atoms with Crippen molar-refractivity contribution >= 4 is 0 Å². The Morgan fingerprint density at radius 2 is 1.90 bits per heavy atom. The van der Waals surface area contributed by atoms with Gasteiger partial charge in [0.2, 0.25) is 0 Å². The Morgan fingerprint density at radius 1 is 1.29 bits per heavy atom. The summed E-state index contributed by atoms with van der Waals surface area (Å²) in [5.41, 5.74) is 2.68. The first-order valence-electron chi connectivity index (χ1n) is 7.97. The molecule has 0 bridgehead atoms. The highest BCUT2D eigenvalue weighted by molar-refractivity contribution is 5.19. The third-order valence-electron chi connectivity index (χ3n) is 4.18. The molecule has 21 heavy (non-hydrogen) atoms. The van der Waals surface area contributed by atoms with Crippen LogP contribution >= 0.6 is 0 Å². The standard InChI is InChI=1S/C20H32O/c1-8-17(6)12-11-13-18(9-2)14-15-19(16(4)5)20(7,21)10-3/h3,12,14,19,21H,4,8-9,11,13,15H2,1-2,5-7H3. The second kappa shape index (κ2) is 9.64. The topological polar surface area (TPSA) is 20.2 Å². The van der Waals surface area contributed by atoms with Crippen LogP contribution in [0.2, 0.25) is 0 Å². The Hall–Kier alpha value is -1.26. The zero-order valence-corrected chi connectivity index (χ0v) is 14.5. The van der Waals surface area contributed by atoms with Crippen molar-refractivity contribution in [3.63, 3.8) is 0 Å². The summed E-state index contributed by atoms with van der Waals surface area (Å²) in [6, 6.07) is 0. The van der Waals surface area contributed by atoms with Crippen molar-refractivity contribution in [1.29, 1.82) is 0 Å². The van der Waals surface area contributed by atoms with Gasteiger partial charge in [0, 0.05) is 5.92 Å². The van der Waals surface area contributed by atoms with Crippen LogP contribution in [0.4, 0.5) is 0 Å². The van der Waals surface area contributed by atoms with Crippen LogP contribution in [0.25, 0.3) is 0 Å². The number of hydrogen-bond donors (Lipinski definition) is 1. The first-order chi connectivity index (χ1) is 9.78. The molecule has 0 aliphatic heterocycles. The molecule has 0 spiro atoms. The molecule has 0 rings (SSSR count). The van der Waals surface area contributed by atoms with Gasteiger partial charge in [-0.2, -0.15) is 0 Å². The lowest BCUT2D eigenvalue weighted by molar-refractivity contribution is 0.0735. The van der Waals surface area contributed by atoms with Gasteiger partial charge in [0.1, 0.15) is 5.60 Å². The first-order valence-corrected chi connectivity index (χ1v) is 7.97. The first kappa shape index (κ1) is 19.7. The quantitative estimate of drug-likeness (QED) is 0.443. The van der Waals surface area contributed by atoms with Gasteiger partial charge in [-0.25, -0.2) is 0 Å². The molecule has 0 aromatic carbocycles. The van der Waals surface area contributed by atoms with Crippen LogP contribution in [0, 0.1) is 18.3 Å². The van der Waals surface area contributed by atoms with Crippen LogP contribution in [-0.4, -0.2) is 10.7 Å². The molecule has 0 saturated heterocycles. The van der Waals surface area contributed by atoms with Gasteiger partial charge >= 0.3 is 0 Å². The summed E-state index contributed by atoms with van der Waals surface area (Å²) >= 11 is 0. The molecule has 2 atom stereocenters. The largest absolute Gasteiger partial charge is 0.377 e. The van der Waals surface area contributed by atoms with Crippen molar-refractivity contribution in [2.75, 3.05) is 0 Å². The minimum atomic E-state index is -1.13. The van der Waals surface area contributed by atoms with Crippen molar-refractivity contribution in [1.82, 2.24) is 0 Å². The molecule has 0 saturated carbocycles. The Kier molecular flexibility index (Phi) is 9.06. The number of aliphatic hydroxyl groups is 1. The maximum absolute atomic E-state index is 10.3. The van der Waals surface area contributed by atoms with Crippen molar-refractivity contribution in [3.8, 4) is 12.3 Å². The molecule has 0 aromatic rings. The number of rotatable bonds is 9. The maximum Gasteiger partial charge on any atom is 0.129 e. The van der Waals surface area contributed by atoms with Crippen molar-refractivity contribution in [2.45, 2.75) is 72.3 Å². The predicted molar refractivity (Wildman–Crippen MR) is 94.0 cm³/mol. The van der Waals surface area contributed by atoms with E-state index in [0.717, 1.165) is 37.7 Å². The fraction of sp³-hybridized carbons (Fsp3) is 0.600. The molecule has 1 nitrogen and oxygen atoms in total. The molecule has 118 valence electrons. The van der Waals surface area contributed by atoms with Crippen LogP contribution in [0.3, 0.4) is 0 Å². The van der Waals surface area contributed by atoms with Crippen molar-refractivity contribution in [2.24, 2.45) is 5.92 Å². The molecular weight excluding hydrogens is 256 g/mol. The average Bonchev–Trinajstić information content (AvgIpc) is 2.44. The number of allylic oxidation sites excluding steroid dienone is 4. The normalized spacial score (nSPS) is 17.0. The number of terminal acetylenes is 1. The van der Waals surface area contributed by atoms with Crippen LogP contribution < -0.4 is 0 Å². The van der Waals surface area contributed by atoms with E-state index in [-0.39, 0.29) is 5.92 Å². The lowest BCUT2D eigenvalue weighted by Crippen LogP contribution is -2.33. The predicted octanol–water partition coefficient (Wildman–Crippen LogP) is 5.43. The highest BCUT2D eigenvalue weighted by Crippen LogP contribution is 2.28. The molecule has 0 aromatic heterocycles. The highest BCUT2D eigenvalue weighted by atomic mass is 16.3. The SMILES string of the molecule is C#CC(C)(O)C(CC=C(CC)CCC=C(C)CC)C(=C)C. The summed E-state index contributed by atoms with van der Waals surface area (Å²) in [7, 11) is 0.